The quantitative estimate of drug-likeness (QED) is 0.859. The van der Waals surface area contributed by atoms with E-state index >= 15 is 0 Å². The first-order valence-electron chi connectivity index (χ1n) is 5.00. The largest absolute Gasteiger partial charge is 0.283 e. The maximum Gasteiger partial charge on any atom is 0.229 e. The second-order valence-corrected chi connectivity index (χ2v) is 5.52. The van der Waals surface area contributed by atoms with E-state index in [9.17, 15) is 8.42 Å². The second kappa shape index (κ2) is 4.66. The van der Waals surface area contributed by atoms with Crippen molar-refractivity contribution in [3.8, 4) is 0 Å². The minimum absolute atomic E-state index is 0.357. The molecule has 0 aliphatic carbocycles. The summed E-state index contributed by atoms with van der Waals surface area (Å²) in [6.07, 6.45) is 2.16. The average Bonchev–Trinajstić information content (AvgIpc) is 2.15. The molecular weight excluding hydrogens is 210 g/mol. The summed E-state index contributed by atoms with van der Waals surface area (Å²) in [4.78, 5) is 0. The van der Waals surface area contributed by atoms with Gasteiger partial charge in [-0.05, 0) is 24.0 Å². The van der Waals surface area contributed by atoms with E-state index in [-0.39, 0.29) is 0 Å². The van der Waals surface area contributed by atoms with Gasteiger partial charge in [0.1, 0.15) is 0 Å². The molecule has 0 heterocycles. The van der Waals surface area contributed by atoms with Crippen molar-refractivity contribution in [2.75, 3.05) is 11.0 Å². The molecular formula is C11H17NO2S. The summed E-state index contributed by atoms with van der Waals surface area (Å²) in [7, 11) is -3.19. The van der Waals surface area contributed by atoms with Crippen molar-refractivity contribution in [2.24, 2.45) is 0 Å². The number of nitrogens with one attached hydrogen (secondary N) is 1. The van der Waals surface area contributed by atoms with Crippen molar-refractivity contribution in [1.29, 1.82) is 0 Å². The van der Waals surface area contributed by atoms with E-state index in [2.05, 4.69) is 18.6 Å². The normalized spacial score (nSPS) is 13.5. The monoisotopic (exact) mass is 227 g/mol. The van der Waals surface area contributed by atoms with Gasteiger partial charge < -0.3 is 0 Å². The molecule has 1 aromatic carbocycles. The fourth-order valence-corrected chi connectivity index (χ4v) is 2.02. The van der Waals surface area contributed by atoms with E-state index in [1.807, 2.05) is 18.2 Å². The van der Waals surface area contributed by atoms with E-state index in [1.54, 1.807) is 6.07 Å². The molecule has 0 aliphatic heterocycles. The molecule has 0 unspecified atom stereocenters. The van der Waals surface area contributed by atoms with Gasteiger partial charge in [-0.1, -0.05) is 32.0 Å². The van der Waals surface area contributed by atoms with Crippen LogP contribution in [-0.2, 0) is 10.0 Å². The van der Waals surface area contributed by atoms with Crippen molar-refractivity contribution < 1.29 is 8.42 Å². The molecule has 84 valence electrons. The molecule has 15 heavy (non-hydrogen) atoms. The standard InChI is InChI=1S/C11H17NO2S/c1-4-9(2)10-7-5-6-8-11(10)12-15(3,13)14/h5-9,12H,4H2,1-3H3/t9-/m1/s1. The molecule has 0 spiro atoms. The Labute approximate surface area is 91.6 Å². The molecule has 0 saturated carbocycles. The minimum atomic E-state index is -3.19. The summed E-state index contributed by atoms with van der Waals surface area (Å²) in [6.45, 7) is 4.17. The smallest absolute Gasteiger partial charge is 0.229 e. The van der Waals surface area contributed by atoms with E-state index in [1.165, 1.54) is 6.26 Å². The number of rotatable bonds is 4. The first-order valence-corrected chi connectivity index (χ1v) is 6.90. The van der Waals surface area contributed by atoms with Crippen LogP contribution in [0.15, 0.2) is 24.3 Å². The highest BCUT2D eigenvalue weighted by molar-refractivity contribution is 7.92. The van der Waals surface area contributed by atoms with Crippen LogP contribution < -0.4 is 4.72 Å². The Morgan fingerprint density at radius 3 is 2.47 bits per heavy atom. The lowest BCUT2D eigenvalue weighted by atomic mass is 9.97. The molecule has 0 amide bonds. The van der Waals surface area contributed by atoms with Crippen LogP contribution in [0.5, 0.6) is 0 Å². The number of para-hydroxylation sites is 1. The Morgan fingerprint density at radius 2 is 1.93 bits per heavy atom. The topological polar surface area (TPSA) is 46.2 Å². The van der Waals surface area contributed by atoms with Gasteiger partial charge in [-0.15, -0.1) is 0 Å². The maximum atomic E-state index is 11.2. The van der Waals surface area contributed by atoms with Crippen molar-refractivity contribution in [3.05, 3.63) is 29.8 Å². The van der Waals surface area contributed by atoms with Gasteiger partial charge in [-0.2, -0.15) is 0 Å². The third-order valence-electron chi connectivity index (χ3n) is 2.40. The molecule has 1 rings (SSSR count). The van der Waals surface area contributed by atoms with Gasteiger partial charge in [0, 0.05) is 0 Å². The number of anilines is 1. The van der Waals surface area contributed by atoms with Crippen LogP contribution >= 0.6 is 0 Å². The molecule has 0 saturated heterocycles. The first kappa shape index (κ1) is 12.0. The first-order chi connectivity index (χ1) is 6.94. The predicted octanol–water partition coefficient (Wildman–Crippen LogP) is 2.57. The lowest BCUT2D eigenvalue weighted by Gasteiger charge is -2.15. The van der Waals surface area contributed by atoms with Crippen LogP contribution in [0, 0.1) is 0 Å². The number of sulfonamides is 1. The fourth-order valence-electron chi connectivity index (χ4n) is 1.44. The highest BCUT2D eigenvalue weighted by atomic mass is 32.2. The summed E-state index contributed by atoms with van der Waals surface area (Å²) in [5.41, 5.74) is 1.74. The Morgan fingerprint density at radius 1 is 1.33 bits per heavy atom. The van der Waals surface area contributed by atoms with Crippen molar-refractivity contribution >= 4 is 15.7 Å². The van der Waals surface area contributed by atoms with Gasteiger partial charge in [0.05, 0.1) is 11.9 Å². The number of hydrogen-bond donors (Lipinski definition) is 1. The van der Waals surface area contributed by atoms with Crippen LogP contribution in [0.2, 0.25) is 0 Å². The lowest BCUT2D eigenvalue weighted by Crippen LogP contribution is -2.11. The predicted molar refractivity (Wildman–Crippen MR) is 63.6 cm³/mol. The van der Waals surface area contributed by atoms with E-state index in [0.29, 0.717) is 11.6 Å². The van der Waals surface area contributed by atoms with Gasteiger partial charge >= 0.3 is 0 Å². The third kappa shape index (κ3) is 3.55. The summed E-state index contributed by atoms with van der Waals surface area (Å²) in [5, 5.41) is 0. The maximum absolute atomic E-state index is 11.2. The summed E-state index contributed by atoms with van der Waals surface area (Å²) < 4.78 is 24.8. The molecule has 0 aromatic heterocycles. The van der Waals surface area contributed by atoms with Gasteiger partial charge in [-0.3, -0.25) is 4.72 Å². The van der Waals surface area contributed by atoms with Gasteiger partial charge in [0.15, 0.2) is 0 Å². The molecule has 1 atom stereocenters. The van der Waals surface area contributed by atoms with Crippen LogP contribution in [0.25, 0.3) is 0 Å². The highest BCUT2D eigenvalue weighted by Crippen LogP contribution is 2.26. The zero-order valence-electron chi connectivity index (χ0n) is 9.32. The van der Waals surface area contributed by atoms with Gasteiger partial charge in [0.25, 0.3) is 0 Å². The minimum Gasteiger partial charge on any atom is -0.283 e. The van der Waals surface area contributed by atoms with E-state index < -0.39 is 10.0 Å². The SMILES string of the molecule is CC[C@@H](C)c1ccccc1NS(C)(=O)=O. The number of benzene rings is 1. The van der Waals surface area contributed by atoms with Crippen LogP contribution in [0.1, 0.15) is 31.7 Å². The Kier molecular flexibility index (Phi) is 3.74. The van der Waals surface area contributed by atoms with Gasteiger partial charge in [-0.25, -0.2) is 8.42 Å². The molecule has 0 aliphatic rings. The summed E-state index contributed by atoms with van der Waals surface area (Å²) in [5.74, 6) is 0.357. The molecule has 0 fully saturated rings. The number of hydrogen-bond acceptors (Lipinski definition) is 2. The molecule has 0 bridgehead atoms. The Bertz CT molecular complexity index is 426. The summed E-state index contributed by atoms with van der Waals surface area (Å²) >= 11 is 0. The van der Waals surface area contributed by atoms with Crippen molar-refractivity contribution in [1.82, 2.24) is 0 Å². The Hall–Kier alpha value is -1.03. The third-order valence-corrected chi connectivity index (χ3v) is 2.99. The van der Waals surface area contributed by atoms with Crippen LogP contribution in [0.3, 0.4) is 0 Å². The zero-order chi connectivity index (χ0) is 11.5. The molecule has 1 N–H and O–H groups in total. The van der Waals surface area contributed by atoms with Gasteiger partial charge in [0.2, 0.25) is 10.0 Å². The molecule has 0 radical (unpaired) electrons. The lowest BCUT2D eigenvalue weighted by molar-refractivity contribution is 0.606. The molecule has 4 heteroatoms. The Balaban J connectivity index is 3.07. The fraction of sp³-hybridized carbons (Fsp3) is 0.455. The van der Waals surface area contributed by atoms with Crippen LogP contribution in [-0.4, -0.2) is 14.7 Å². The van der Waals surface area contributed by atoms with Crippen molar-refractivity contribution in [3.63, 3.8) is 0 Å². The van der Waals surface area contributed by atoms with E-state index in [4.69, 9.17) is 0 Å². The molecule has 1 aromatic rings. The van der Waals surface area contributed by atoms with Crippen LogP contribution in [0.4, 0.5) is 5.69 Å². The highest BCUT2D eigenvalue weighted by Gasteiger charge is 2.10. The van der Waals surface area contributed by atoms with E-state index in [0.717, 1.165) is 12.0 Å². The summed E-state index contributed by atoms with van der Waals surface area (Å²) in [6, 6.07) is 7.51. The zero-order valence-corrected chi connectivity index (χ0v) is 10.1. The molecule has 3 nitrogen and oxygen atoms in total. The van der Waals surface area contributed by atoms with Crippen molar-refractivity contribution in [2.45, 2.75) is 26.2 Å². The second-order valence-electron chi connectivity index (χ2n) is 3.77. The average molecular weight is 227 g/mol.